The van der Waals surface area contributed by atoms with E-state index in [0.29, 0.717) is 5.92 Å². The lowest BCUT2D eigenvalue weighted by atomic mass is 9.97. The van der Waals surface area contributed by atoms with Crippen LogP contribution in [0.1, 0.15) is 30.9 Å². The smallest absolute Gasteiger partial charge is 0.0885 e. The van der Waals surface area contributed by atoms with Gasteiger partial charge in [-0.25, -0.2) is 0 Å². The number of aromatic nitrogens is 2. The van der Waals surface area contributed by atoms with E-state index in [0.717, 1.165) is 11.3 Å². The molecular weight excluding hydrogens is 196 g/mol. The van der Waals surface area contributed by atoms with E-state index in [9.17, 15) is 0 Å². The summed E-state index contributed by atoms with van der Waals surface area (Å²) in [7, 11) is 0. The van der Waals surface area contributed by atoms with E-state index < -0.39 is 0 Å². The Bertz CT molecular complexity index is 475. The van der Waals surface area contributed by atoms with Crippen molar-refractivity contribution in [3.05, 3.63) is 47.9 Å². The van der Waals surface area contributed by atoms with Crippen LogP contribution in [0.15, 0.2) is 36.8 Å². The van der Waals surface area contributed by atoms with Gasteiger partial charge in [0.1, 0.15) is 0 Å². The molecule has 0 amide bonds. The average Bonchev–Trinajstić information content (AvgIpc) is 2.29. The summed E-state index contributed by atoms with van der Waals surface area (Å²) in [6.07, 6.45) is 5.23. The van der Waals surface area contributed by atoms with E-state index in [1.807, 2.05) is 0 Å². The molecule has 2 nitrogen and oxygen atoms in total. The lowest BCUT2D eigenvalue weighted by Gasteiger charge is -2.09. The first kappa shape index (κ1) is 10.8. The summed E-state index contributed by atoms with van der Waals surface area (Å²) < 4.78 is 0. The molecule has 0 aliphatic heterocycles. The van der Waals surface area contributed by atoms with E-state index in [1.165, 1.54) is 11.1 Å². The topological polar surface area (TPSA) is 25.8 Å². The molecule has 1 aromatic heterocycles. The predicted octanol–water partition coefficient (Wildman–Crippen LogP) is 3.58. The first-order chi connectivity index (χ1) is 7.66. The van der Waals surface area contributed by atoms with Gasteiger partial charge in [-0.05, 0) is 30.5 Å². The van der Waals surface area contributed by atoms with Gasteiger partial charge in [-0.3, -0.25) is 9.97 Å². The highest BCUT2D eigenvalue weighted by Crippen LogP contribution is 2.23. The largest absolute Gasteiger partial charge is 0.261 e. The van der Waals surface area contributed by atoms with Crippen molar-refractivity contribution >= 4 is 0 Å². The number of aryl methyl sites for hydroxylation is 1. The molecule has 0 spiro atoms. The first-order valence-electron chi connectivity index (χ1n) is 5.55. The molecule has 0 saturated carbocycles. The number of hydrogen-bond acceptors (Lipinski definition) is 2. The van der Waals surface area contributed by atoms with Gasteiger partial charge in [0, 0.05) is 18.0 Å². The predicted molar refractivity (Wildman–Crippen MR) is 66.3 cm³/mol. The number of hydrogen-bond donors (Lipinski definition) is 0. The quantitative estimate of drug-likeness (QED) is 0.760. The Kier molecular flexibility index (Phi) is 3.00. The zero-order valence-electron chi connectivity index (χ0n) is 9.94. The molecule has 0 aliphatic rings. The Morgan fingerprint density at radius 2 is 1.88 bits per heavy atom. The summed E-state index contributed by atoms with van der Waals surface area (Å²) in [6, 6.07) is 6.57. The van der Waals surface area contributed by atoms with Crippen LogP contribution >= 0.6 is 0 Å². The summed E-state index contributed by atoms with van der Waals surface area (Å²) in [5.41, 5.74) is 4.71. The molecule has 0 aliphatic carbocycles. The van der Waals surface area contributed by atoms with Crippen LogP contribution in [0.4, 0.5) is 0 Å². The molecule has 16 heavy (non-hydrogen) atoms. The molecule has 1 heterocycles. The van der Waals surface area contributed by atoms with Gasteiger partial charge in [-0.1, -0.05) is 25.5 Å². The molecule has 2 heteroatoms. The summed E-state index contributed by atoms with van der Waals surface area (Å²) >= 11 is 0. The van der Waals surface area contributed by atoms with Gasteiger partial charge < -0.3 is 0 Å². The van der Waals surface area contributed by atoms with E-state index in [-0.39, 0.29) is 0 Å². The second-order valence-electron chi connectivity index (χ2n) is 4.38. The minimum atomic E-state index is 0.537. The van der Waals surface area contributed by atoms with Crippen molar-refractivity contribution in [2.24, 2.45) is 0 Å². The molecule has 0 N–H and O–H groups in total. The monoisotopic (exact) mass is 212 g/mol. The van der Waals surface area contributed by atoms with Crippen LogP contribution in [0, 0.1) is 6.92 Å². The SMILES string of the molecule is Cc1cc(-c2cnccn2)cc(C(C)C)c1. The fourth-order valence-electron chi connectivity index (χ4n) is 1.74. The lowest BCUT2D eigenvalue weighted by Crippen LogP contribution is -1.91. The van der Waals surface area contributed by atoms with Gasteiger partial charge in [0.25, 0.3) is 0 Å². The molecule has 0 atom stereocenters. The molecule has 0 unspecified atom stereocenters. The third-order valence-corrected chi connectivity index (χ3v) is 2.63. The van der Waals surface area contributed by atoms with E-state index in [1.54, 1.807) is 18.6 Å². The van der Waals surface area contributed by atoms with Gasteiger partial charge in [0.2, 0.25) is 0 Å². The average molecular weight is 212 g/mol. The van der Waals surface area contributed by atoms with E-state index in [4.69, 9.17) is 0 Å². The maximum Gasteiger partial charge on any atom is 0.0885 e. The molecular formula is C14H16N2. The molecule has 2 aromatic rings. The normalized spacial score (nSPS) is 10.8. The molecule has 82 valence electrons. The van der Waals surface area contributed by atoms with Crippen molar-refractivity contribution < 1.29 is 0 Å². The molecule has 0 radical (unpaired) electrons. The van der Waals surface area contributed by atoms with Crippen molar-refractivity contribution in [3.63, 3.8) is 0 Å². The van der Waals surface area contributed by atoms with Gasteiger partial charge in [0.05, 0.1) is 11.9 Å². The van der Waals surface area contributed by atoms with Crippen LogP contribution in [0.2, 0.25) is 0 Å². The summed E-state index contributed by atoms with van der Waals surface area (Å²) in [4.78, 5) is 8.43. The highest BCUT2D eigenvalue weighted by molar-refractivity contribution is 5.60. The Balaban J connectivity index is 2.50. The number of benzene rings is 1. The maximum atomic E-state index is 4.33. The Morgan fingerprint density at radius 1 is 1.06 bits per heavy atom. The molecule has 0 fully saturated rings. The fourth-order valence-corrected chi connectivity index (χ4v) is 1.74. The van der Waals surface area contributed by atoms with Gasteiger partial charge in [0.15, 0.2) is 0 Å². The molecule has 2 rings (SSSR count). The highest BCUT2D eigenvalue weighted by Gasteiger charge is 2.05. The minimum Gasteiger partial charge on any atom is -0.261 e. The second-order valence-corrected chi connectivity index (χ2v) is 4.38. The highest BCUT2D eigenvalue weighted by atomic mass is 14.8. The fraction of sp³-hybridized carbons (Fsp3) is 0.286. The third-order valence-electron chi connectivity index (χ3n) is 2.63. The van der Waals surface area contributed by atoms with Crippen LogP contribution in [-0.4, -0.2) is 9.97 Å². The van der Waals surface area contributed by atoms with Gasteiger partial charge >= 0.3 is 0 Å². The zero-order valence-corrected chi connectivity index (χ0v) is 9.94. The number of nitrogens with zero attached hydrogens (tertiary/aromatic N) is 2. The number of rotatable bonds is 2. The summed E-state index contributed by atoms with van der Waals surface area (Å²) in [6.45, 7) is 6.52. The second kappa shape index (κ2) is 4.44. The molecule has 1 aromatic carbocycles. The minimum absolute atomic E-state index is 0.537. The van der Waals surface area contributed by atoms with Crippen LogP contribution in [0.5, 0.6) is 0 Å². The van der Waals surface area contributed by atoms with Crippen LogP contribution in [-0.2, 0) is 0 Å². The molecule has 0 bridgehead atoms. The van der Waals surface area contributed by atoms with Crippen LogP contribution < -0.4 is 0 Å². The molecule has 0 saturated heterocycles. The third kappa shape index (κ3) is 2.27. The van der Waals surface area contributed by atoms with Crippen LogP contribution in [0.3, 0.4) is 0 Å². The van der Waals surface area contributed by atoms with Crippen molar-refractivity contribution in [2.75, 3.05) is 0 Å². The zero-order chi connectivity index (χ0) is 11.5. The lowest BCUT2D eigenvalue weighted by molar-refractivity contribution is 0.865. The van der Waals surface area contributed by atoms with Crippen molar-refractivity contribution in [1.82, 2.24) is 9.97 Å². The summed E-state index contributed by atoms with van der Waals surface area (Å²) in [5, 5.41) is 0. The Hall–Kier alpha value is -1.70. The Labute approximate surface area is 96.4 Å². The van der Waals surface area contributed by atoms with E-state index >= 15 is 0 Å². The van der Waals surface area contributed by atoms with Crippen molar-refractivity contribution in [3.8, 4) is 11.3 Å². The standard InChI is InChI=1S/C14H16N2/c1-10(2)12-6-11(3)7-13(8-12)14-9-15-4-5-16-14/h4-10H,1-3H3. The summed E-state index contributed by atoms with van der Waals surface area (Å²) in [5.74, 6) is 0.537. The maximum absolute atomic E-state index is 4.33. The van der Waals surface area contributed by atoms with Gasteiger partial charge in [-0.15, -0.1) is 0 Å². The van der Waals surface area contributed by atoms with Crippen molar-refractivity contribution in [2.45, 2.75) is 26.7 Å². The van der Waals surface area contributed by atoms with E-state index in [2.05, 4.69) is 48.9 Å². The van der Waals surface area contributed by atoms with Crippen LogP contribution in [0.25, 0.3) is 11.3 Å². The van der Waals surface area contributed by atoms with Gasteiger partial charge in [-0.2, -0.15) is 0 Å². The Morgan fingerprint density at radius 3 is 2.50 bits per heavy atom. The van der Waals surface area contributed by atoms with Crippen molar-refractivity contribution in [1.29, 1.82) is 0 Å². The first-order valence-corrected chi connectivity index (χ1v) is 5.55.